The lowest BCUT2D eigenvalue weighted by molar-refractivity contribution is 0.414. The van der Waals surface area contributed by atoms with Crippen LogP contribution >= 0.6 is 0 Å². The third kappa shape index (κ3) is 2.09. The zero-order chi connectivity index (χ0) is 14.1. The molecule has 0 aliphatic heterocycles. The normalized spacial score (nSPS) is 10.8. The van der Waals surface area contributed by atoms with Crippen LogP contribution in [-0.4, -0.2) is 26.6 Å². The van der Waals surface area contributed by atoms with Crippen LogP contribution in [0.1, 0.15) is 5.56 Å². The molecular weight excluding hydrogens is 260 g/mol. The molecule has 0 radical (unpaired) electrons. The minimum Gasteiger partial charge on any atom is -0.497 e. The summed E-state index contributed by atoms with van der Waals surface area (Å²) in [4.78, 5) is 31.7. The van der Waals surface area contributed by atoms with Crippen LogP contribution in [0.25, 0.3) is 11.2 Å². The van der Waals surface area contributed by atoms with Gasteiger partial charge >= 0.3 is 5.69 Å². The number of hydrogen-bond donors (Lipinski definition) is 2. The summed E-state index contributed by atoms with van der Waals surface area (Å²) in [6.45, 7) is 0.482. The Labute approximate surface area is 112 Å². The molecule has 0 fully saturated rings. The number of hydrogen-bond acceptors (Lipinski definition) is 4. The van der Waals surface area contributed by atoms with Crippen LogP contribution in [0.3, 0.4) is 0 Å². The van der Waals surface area contributed by atoms with Gasteiger partial charge in [0.15, 0.2) is 11.2 Å². The van der Waals surface area contributed by atoms with Gasteiger partial charge in [0.1, 0.15) is 5.75 Å². The topological polar surface area (TPSA) is 92.8 Å². The average Bonchev–Trinajstić information content (AvgIpc) is 2.82. The van der Waals surface area contributed by atoms with Gasteiger partial charge in [-0.25, -0.2) is 9.78 Å². The predicted octanol–water partition coefficient (Wildman–Crippen LogP) is 0.470. The minimum absolute atomic E-state index is 0.285. The maximum Gasteiger partial charge on any atom is 0.327 e. The fourth-order valence-corrected chi connectivity index (χ4v) is 2.06. The summed E-state index contributed by atoms with van der Waals surface area (Å²) in [7, 11) is 1.61. The molecule has 0 saturated heterocycles. The van der Waals surface area contributed by atoms with E-state index in [2.05, 4.69) is 15.0 Å². The van der Waals surface area contributed by atoms with Gasteiger partial charge in [-0.3, -0.25) is 14.8 Å². The van der Waals surface area contributed by atoms with Crippen LogP contribution < -0.4 is 16.0 Å². The molecule has 1 aromatic carbocycles. The smallest absolute Gasteiger partial charge is 0.327 e. The number of H-pyrrole nitrogens is 2. The number of aromatic nitrogens is 4. The van der Waals surface area contributed by atoms with Crippen molar-refractivity contribution in [2.75, 3.05) is 7.11 Å². The Bertz CT molecular complexity index is 858. The Kier molecular flexibility index (Phi) is 2.86. The molecule has 2 aromatic heterocycles. The largest absolute Gasteiger partial charge is 0.497 e. The third-order valence-corrected chi connectivity index (χ3v) is 3.02. The van der Waals surface area contributed by atoms with Crippen LogP contribution in [0.2, 0.25) is 0 Å². The molecule has 0 amide bonds. The highest BCUT2D eigenvalue weighted by molar-refractivity contribution is 5.68. The first kappa shape index (κ1) is 12.2. The Balaban J connectivity index is 2.02. The summed E-state index contributed by atoms with van der Waals surface area (Å²) in [6, 6.07) is 7.51. The Hall–Kier alpha value is -2.83. The molecule has 102 valence electrons. The van der Waals surface area contributed by atoms with Crippen LogP contribution in [0.15, 0.2) is 40.2 Å². The van der Waals surface area contributed by atoms with Crippen molar-refractivity contribution in [1.29, 1.82) is 0 Å². The lowest BCUT2D eigenvalue weighted by Gasteiger charge is -2.05. The molecule has 20 heavy (non-hydrogen) atoms. The Morgan fingerprint density at radius 1 is 1.20 bits per heavy atom. The number of benzene rings is 1. The van der Waals surface area contributed by atoms with Crippen LogP contribution in [-0.2, 0) is 6.54 Å². The molecule has 0 aliphatic rings. The first-order chi connectivity index (χ1) is 9.67. The second-order valence-corrected chi connectivity index (χ2v) is 4.33. The molecule has 0 bridgehead atoms. The second-order valence-electron chi connectivity index (χ2n) is 4.33. The Morgan fingerprint density at radius 3 is 2.65 bits per heavy atom. The van der Waals surface area contributed by atoms with Crippen molar-refractivity contribution in [3.05, 3.63) is 57.0 Å². The minimum atomic E-state index is -0.558. The fraction of sp³-hybridized carbons (Fsp3) is 0.154. The van der Waals surface area contributed by atoms with E-state index in [1.165, 1.54) is 6.33 Å². The van der Waals surface area contributed by atoms with E-state index in [1.54, 1.807) is 11.7 Å². The molecule has 7 nitrogen and oxygen atoms in total. The predicted molar refractivity (Wildman–Crippen MR) is 73.1 cm³/mol. The Morgan fingerprint density at radius 2 is 1.95 bits per heavy atom. The van der Waals surface area contributed by atoms with Crippen molar-refractivity contribution in [1.82, 2.24) is 19.5 Å². The summed E-state index contributed by atoms with van der Waals surface area (Å²) in [6.07, 6.45) is 1.53. The monoisotopic (exact) mass is 272 g/mol. The summed E-state index contributed by atoms with van der Waals surface area (Å²) >= 11 is 0. The summed E-state index contributed by atoms with van der Waals surface area (Å²) < 4.78 is 6.78. The number of ether oxygens (including phenoxy) is 1. The van der Waals surface area contributed by atoms with Gasteiger partial charge in [0.25, 0.3) is 5.56 Å². The molecule has 0 spiro atoms. The SMILES string of the molecule is COc1ccc(Cn2cnc3[nH]c(=O)[nH]c(=O)c32)cc1. The number of rotatable bonds is 3. The molecule has 3 rings (SSSR count). The van der Waals surface area contributed by atoms with E-state index in [0.717, 1.165) is 11.3 Å². The van der Waals surface area contributed by atoms with Crippen molar-refractivity contribution in [3.8, 4) is 5.75 Å². The standard InChI is InChI=1S/C13H12N4O3/c1-20-9-4-2-8(3-5-9)6-17-7-14-11-10(17)12(18)16-13(19)15-11/h2-5,7H,6H2,1H3,(H2,15,16,18,19). The van der Waals surface area contributed by atoms with Gasteiger partial charge in [0, 0.05) is 6.54 Å². The number of nitrogens with zero attached hydrogens (tertiary/aromatic N) is 2. The van der Waals surface area contributed by atoms with Gasteiger partial charge in [0.2, 0.25) is 0 Å². The van der Waals surface area contributed by atoms with Gasteiger partial charge in [-0.1, -0.05) is 12.1 Å². The number of aromatic amines is 2. The summed E-state index contributed by atoms with van der Waals surface area (Å²) in [5.74, 6) is 0.770. The van der Waals surface area contributed by atoms with E-state index in [0.29, 0.717) is 12.1 Å². The highest BCUT2D eigenvalue weighted by atomic mass is 16.5. The first-order valence-electron chi connectivity index (χ1n) is 5.98. The van der Waals surface area contributed by atoms with Crippen molar-refractivity contribution in [2.24, 2.45) is 0 Å². The molecule has 2 heterocycles. The molecule has 2 N–H and O–H groups in total. The van der Waals surface area contributed by atoms with Gasteiger partial charge in [0.05, 0.1) is 13.4 Å². The van der Waals surface area contributed by atoms with Crippen LogP contribution in [0, 0.1) is 0 Å². The van der Waals surface area contributed by atoms with E-state index in [1.807, 2.05) is 24.3 Å². The first-order valence-corrected chi connectivity index (χ1v) is 5.98. The highest BCUT2D eigenvalue weighted by Crippen LogP contribution is 2.13. The number of imidazole rings is 1. The quantitative estimate of drug-likeness (QED) is 0.724. The second kappa shape index (κ2) is 4.69. The van der Waals surface area contributed by atoms with E-state index in [4.69, 9.17) is 4.74 Å². The van der Waals surface area contributed by atoms with Crippen LogP contribution in [0.5, 0.6) is 5.75 Å². The van der Waals surface area contributed by atoms with Gasteiger partial charge < -0.3 is 9.30 Å². The molecule has 7 heteroatoms. The number of fused-ring (bicyclic) bond motifs is 1. The summed E-state index contributed by atoms with van der Waals surface area (Å²) in [5, 5.41) is 0. The van der Waals surface area contributed by atoms with Crippen LogP contribution in [0.4, 0.5) is 0 Å². The molecule has 0 atom stereocenters. The van der Waals surface area contributed by atoms with Gasteiger partial charge in [-0.2, -0.15) is 0 Å². The fourth-order valence-electron chi connectivity index (χ4n) is 2.06. The zero-order valence-corrected chi connectivity index (χ0v) is 10.7. The van der Waals surface area contributed by atoms with E-state index >= 15 is 0 Å². The molecule has 0 saturated carbocycles. The molecule has 0 unspecified atom stereocenters. The lowest BCUT2D eigenvalue weighted by Crippen LogP contribution is -2.23. The highest BCUT2D eigenvalue weighted by Gasteiger charge is 2.08. The van der Waals surface area contributed by atoms with Crippen molar-refractivity contribution < 1.29 is 4.74 Å². The maximum absolute atomic E-state index is 11.8. The molecule has 0 aliphatic carbocycles. The average molecular weight is 272 g/mol. The van der Waals surface area contributed by atoms with Gasteiger partial charge in [-0.15, -0.1) is 0 Å². The van der Waals surface area contributed by atoms with E-state index in [-0.39, 0.29) is 5.65 Å². The summed E-state index contributed by atoms with van der Waals surface area (Å²) in [5.41, 5.74) is 0.621. The third-order valence-electron chi connectivity index (χ3n) is 3.02. The van der Waals surface area contributed by atoms with E-state index in [9.17, 15) is 9.59 Å². The van der Waals surface area contributed by atoms with Crippen molar-refractivity contribution in [3.63, 3.8) is 0 Å². The molecular formula is C13H12N4O3. The number of methoxy groups -OCH3 is 1. The lowest BCUT2D eigenvalue weighted by atomic mass is 10.2. The van der Waals surface area contributed by atoms with Crippen molar-refractivity contribution in [2.45, 2.75) is 6.54 Å². The number of nitrogens with one attached hydrogen (secondary N) is 2. The van der Waals surface area contributed by atoms with Crippen molar-refractivity contribution >= 4 is 11.2 Å². The zero-order valence-electron chi connectivity index (χ0n) is 10.7. The van der Waals surface area contributed by atoms with E-state index < -0.39 is 11.2 Å². The maximum atomic E-state index is 11.8. The van der Waals surface area contributed by atoms with Gasteiger partial charge in [-0.05, 0) is 17.7 Å². The molecule has 3 aromatic rings.